The second-order valence-corrected chi connectivity index (χ2v) is 6.62. The smallest absolute Gasteiger partial charge is 0.306 e. The third-order valence-electron chi connectivity index (χ3n) is 4.29. The Morgan fingerprint density at radius 3 is 1.68 bits per heavy atom. The summed E-state index contributed by atoms with van der Waals surface area (Å²) in [6, 6.07) is 0. The maximum Gasteiger partial charge on any atom is 0.306 e. The van der Waals surface area contributed by atoms with Crippen molar-refractivity contribution in [2.75, 3.05) is 0 Å². The van der Waals surface area contributed by atoms with Crippen LogP contribution in [0.1, 0.15) is 117 Å². The lowest BCUT2D eigenvalue weighted by atomic mass is 10.0. The Balaban J connectivity index is 3.81. The lowest BCUT2D eigenvalue weighted by molar-refractivity contribution is -0.150. The molecule has 0 aliphatic rings. The second kappa shape index (κ2) is 16.8. The van der Waals surface area contributed by atoms with E-state index in [9.17, 15) is 4.79 Å². The molecular formula is C20H40O2. The van der Waals surface area contributed by atoms with Gasteiger partial charge in [0.25, 0.3) is 0 Å². The molecule has 22 heavy (non-hydrogen) atoms. The van der Waals surface area contributed by atoms with Crippen molar-refractivity contribution in [2.45, 2.75) is 123 Å². The fourth-order valence-electron chi connectivity index (χ4n) is 2.80. The molecule has 0 saturated carbocycles. The highest BCUT2D eigenvalue weighted by Gasteiger charge is 2.13. The van der Waals surface area contributed by atoms with Gasteiger partial charge in [0.2, 0.25) is 0 Å². The van der Waals surface area contributed by atoms with Crippen molar-refractivity contribution < 1.29 is 9.53 Å². The number of unbranched alkanes of at least 4 members (excludes halogenated alkanes) is 9. The zero-order chi connectivity index (χ0) is 16.5. The van der Waals surface area contributed by atoms with Gasteiger partial charge in [-0.05, 0) is 32.1 Å². The fraction of sp³-hybridized carbons (Fsp3) is 0.950. The van der Waals surface area contributed by atoms with E-state index in [-0.39, 0.29) is 12.1 Å². The Bertz CT molecular complexity index is 228. The van der Waals surface area contributed by atoms with Crippen LogP contribution in [0, 0.1) is 0 Å². The topological polar surface area (TPSA) is 26.3 Å². The predicted octanol–water partition coefficient (Wildman–Crippen LogP) is 6.81. The molecule has 0 atom stereocenters. The number of rotatable bonds is 16. The van der Waals surface area contributed by atoms with Crippen molar-refractivity contribution >= 4 is 5.97 Å². The summed E-state index contributed by atoms with van der Waals surface area (Å²) >= 11 is 0. The van der Waals surface area contributed by atoms with Crippen molar-refractivity contribution in [3.8, 4) is 0 Å². The van der Waals surface area contributed by atoms with E-state index in [4.69, 9.17) is 4.74 Å². The van der Waals surface area contributed by atoms with Gasteiger partial charge in [0.15, 0.2) is 0 Å². The van der Waals surface area contributed by atoms with Gasteiger partial charge in [-0.2, -0.15) is 0 Å². The van der Waals surface area contributed by atoms with Crippen molar-refractivity contribution in [1.82, 2.24) is 0 Å². The van der Waals surface area contributed by atoms with Gasteiger partial charge < -0.3 is 4.74 Å². The minimum atomic E-state index is 0.0356. The van der Waals surface area contributed by atoms with E-state index in [0.29, 0.717) is 6.42 Å². The summed E-state index contributed by atoms with van der Waals surface area (Å²) in [7, 11) is 0. The van der Waals surface area contributed by atoms with Crippen LogP contribution in [0.25, 0.3) is 0 Å². The van der Waals surface area contributed by atoms with E-state index in [0.717, 1.165) is 19.3 Å². The first-order valence-electron chi connectivity index (χ1n) is 9.94. The van der Waals surface area contributed by atoms with Gasteiger partial charge in [0.1, 0.15) is 6.10 Å². The third-order valence-corrected chi connectivity index (χ3v) is 4.29. The molecule has 0 heterocycles. The molecule has 0 N–H and O–H groups in total. The molecular weight excluding hydrogens is 272 g/mol. The minimum Gasteiger partial charge on any atom is -0.462 e. The molecule has 0 aromatic heterocycles. The standard InChI is InChI=1S/C20H40O2/c1-4-7-10-11-12-15-18-20(21)22-19(16-13-8-5-2)17-14-9-6-3/h19H,4-18H2,1-3H3. The summed E-state index contributed by atoms with van der Waals surface area (Å²) in [6.45, 7) is 6.67. The largest absolute Gasteiger partial charge is 0.462 e. The molecule has 2 nitrogen and oxygen atoms in total. The summed E-state index contributed by atoms with van der Waals surface area (Å²) in [4.78, 5) is 12.0. The molecule has 0 aliphatic heterocycles. The summed E-state index contributed by atoms with van der Waals surface area (Å²) in [6.07, 6.45) is 17.6. The lowest BCUT2D eigenvalue weighted by Crippen LogP contribution is -2.18. The van der Waals surface area contributed by atoms with Crippen molar-refractivity contribution in [1.29, 1.82) is 0 Å². The van der Waals surface area contributed by atoms with Gasteiger partial charge in [-0.3, -0.25) is 4.79 Å². The molecule has 0 rings (SSSR count). The molecule has 132 valence electrons. The van der Waals surface area contributed by atoms with Gasteiger partial charge >= 0.3 is 5.97 Å². The average molecular weight is 313 g/mol. The maximum atomic E-state index is 12.0. The molecule has 0 amide bonds. The summed E-state index contributed by atoms with van der Waals surface area (Å²) in [5.41, 5.74) is 0. The van der Waals surface area contributed by atoms with Crippen molar-refractivity contribution in [3.63, 3.8) is 0 Å². The van der Waals surface area contributed by atoms with Gasteiger partial charge in [0.05, 0.1) is 0 Å². The monoisotopic (exact) mass is 312 g/mol. The highest BCUT2D eigenvalue weighted by molar-refractivity contribution is 5.69. The van der Waals surface area contributed by atoms with Gasteiger partial charge in [-0.25, -0.2) is 0 Å². The lowest BCUT2D eigenvalue weighted by Gasteiger charge is -2.18. The zero-order valence-electron chi connectivity index (χ0n) is 15.5. The van der Waals surface area contributed by atoms with Crippen LogP contribution in [0.5, 0.6) is 0 Å². The zero-order valence-corrected chi connectivity index (χ0v) is 15.5. The van der Waals surface area contributed by atoms with Crippen LogP contribution in [0.2, 0.25) is 0 Å². The van der Waals surface area contributed by atoms with Crippen molar-refractivity contribution in [2.24, 2.45) is 0 Å². The Labute approximate surface area is 139 Å². The van der Waals surface area contributed by atoms with Crippen LogP contribution < -0.4 is 0 Å². The van der Waals surface area contributed by atoms with E-state index in [1.807, 2.05) is 0 Å². The molecule has 0 saturated heterocycles. The van der Waals surface area contributed by atoms with E-state index in [1.54, 1.807) is 0 Å². The highest BCUT2D eigenvalue weighted by atomic mass is 16.5. The first-order valence-corrected chi connectivity index (χ1v) is 9.94. The van der Waals surface area contributed by atoms with Crippen molar-refractivity contribution in [3.05, 3.63) is 0 Å². The molecule has 0 bridgehead atoms. The first-order chi connectivity index (χ1) is 10.7. The summed E-state index contributed by atoms with van der Waals surface area (Å²) < 4.78 is 5.73. The predicted molar refractivity (Wildman–Crippen MR) is 96.2 cm³/mol. The average Bonchev–Trinajstić information content (AvgIpc) is 2.51. The number of ether oxygens (including phenoxy) is 1. The second-order valence-electron chi connectivity index (χ2n) is 6.62. The third kappa shape index (κ3) is 14.4. The molecule has 0 aliphatic carbocycles. The molecule has 0 spiro atoms. The van der Waals surface area contributed by atoms with Crippen LogP contribution in [-0.4, -0.2) is 12.1 Å². The Morgan fingerprint density at radius 1 is 0.682 bits per heavy atom. The first kappa shape index (κ1) is 21.5. The Morgan fingerprint density at radius 2 is 1.14 bits per heavy atom. The van der Waals surface area contributed by atoms with Gasteiger partial charge in [0, 0.05) is 6.42 Å². The molecule has 0 unspecified atom stereocenters. The Hall–Kier alpha value is -0.530. The van der Waals surface area contributed by atoms with Crippen LogP contribution in [0.15, 0.2) is 0 Å². The summed E-state index contributed by atoms with van der Waals surface area (Å²) in [5.74, 6) is 0.0356. The van der Waals surface area contributed by atoms with Crippen LogP contribution in [0.4, 0.5) is 0 Å². The summed E-state index contributed by atoms with van der Waals surface area (Å²) in [5, 5.41) is 0. The SMILES string of the molecule is CCCCCCCCC(=O)OC(CCCCC)CCCCC. The normalized spacial score (nSPS) is 11.1. The van der Waals surface area contributed by atoms with E-state index >= 15 is 0 Å². The number of hydrogen-bond donors (Lipinski definition) is 0. The van der Waals surface area contributed by atoms with E-state index < -0.39 is 0 Å². The Kier molecular flexibility index (Phi) is 16.4. The quantitative estimate of drug-likeness (QED) is 0.231. The minimum absolute atomic E-state index is 0.0356. The fourth-order valence-corrected chi connectivity index (χ4v) is 2.80. The molecule has 0 aromatic carbocycles. The number of carbonyl (C=O) groups excluding carboxylic acids is 1. The van der Waals surface area contributed by atoms with E-state index in [2.05, 4.69) is 20.8 Å². The number of hydrogen-bond acceptors (Lipinski definition) is 2. The highest BCUT2D eigenvalue weighted by Crippen LogP contribution is 2.16. The van der Waals surface area contributed by atoms with Crippen LogP contribution in [-0.2, 0) is 9.53 Å². The number of carbonyl (C=O) groups is 1. The molecule has 0 radical (unpaired) electrons. The van der Waals surface area contributed by atoms with Crippen LogP contribution >= 0.6 is 0 Å². The number of esters is 1. The molecule has 0 fully saturated rings. The molecule has 0 aromatic rings. The van der Waals surface area contributed by atoms with Gasteiger partial charge in [-0.1, -0.05) is 78.6 Å². The maximum absolute atomic E-state index is 12.0. The molecule has 2 heteroatoms. The van der Waals surface area contributed by atoms with Gasteiger partial charge in [-0.15, -0.1) is 0 Å². The van der Waals surface area contributed by atoms with E-state index in [1.165, 1.54) is 70.6 Å². The van der Waals surface area contributed by atoms with Crippen LogP contribution in [0.3, 0.4) is 0 Å².